The van der Waals surface area contributed by atoms with Crippen LogP contribution in [0.2, 0.25) is 0 Å². The van der Waals surface area contributed by atoms with Crippen LogP contribution >= 0.6 is 0 Å². The van der Waals surface area contributed by atoms with Crippen LogP contribution in [0, 0.1) is 0 Å². The molecule has 68 valence electrons. The van der Waals surface area contributed by atoms with Gasteiger partial charge in [-0.05, 0) is 30.0 Å². The highest BCUT2D eigenvalue weighted by Crippen LogP contribution is 2.24. The predicted molar refractivity (Wildman–Crippen MR) is 53.5 cm³/mol. The molecular weight excluding hydrogens is 184 g/mol. The van der Waals surface area contributed by atoms with Crippen LogP contribution in [0.1, 0.15) is 17.5 Å². The smallest absolute Gasteiger partial charge is 0.182 e. The maximum Gasteiger partial charge on any atom is 0.182 e. The van der Waals surface area contributed by atoms with E-state index in [1.54, 1.807) is 0 Å². The van der Waals surface area contributed by atoms with Crippen molar-refractivity contribution in [3.8, 4) is 0 Å². The van der Waals surface area contributed by atoms with Gasteiger partial charge in [0.15, 0.2) is 11.1 Å². The lowest BCUT2D eigenvalue weighted by atomic mass is 9.98. The molecule has 0 radical (unpaired) electrons. The number of benzene rings is 1. The van der Waals surface area contributed by atoms with Crippen LogP contribution in [0.5, 0.6) is 0 Å². The third kappa shape index (κ3) is 1.71. The summed E-state index contributed by atoms with van der Waals surface area (Å²) in [7, 11) is 0. The van der Waals surface area contributed by atoms with E-state index >= 15 is 0 Å². The van der Waals surface area contributed by atoms with Crippen molar-refractivity contribution in [2.45, 2.75) is 12.8 Å². The Labute approximate surface area is 79.6 Å². The molecule has 2 nitrogen and oxygen atoms in total. The van der Waals surface area contributed by atoms with E-state index in [1.165, 1.54) is 5.56 Å². The molecule has 0 spiro atoms. The molecule has 3 heteroatoms. The van der Waals surface area contributed by atoms with Crippen LogP contribution in [0.4, 0.5) is 0 Å². The summed E-state index contributed by atoms with van der Waals surface area (Å²) in [5.41, 5.74) is 2.34. The Kier molecular flexibility index (Phi) is 2.29. The van der Waals surface area contributed by atoms with Gasteiger partial charge in [0.05, 0.1) is 0 Å². The Morgan fingerprint density at radius 2 is 2.00 bits per heavy atom. The van der Waals surface area contributed by atoms with Gasteiger partial charge in [0, 0.05) is 4.91 Å². The second-order valence-electron chi connectivity index (χ2n) is 3.06. The highest BCUT2D eigenvalue weighted by molar-refractivity contribution is 7.83. The second-order valence-corrected chi connectivity index (χ2v) is 4.08. The number of hydrogen-bond donors (Lipinski definition) is 1. The number of aryl methyl sites for hydroxylation is 1. The molecule has 1 unspecified atom stereocenters. The highest BCUT2D eigenvalue weighted by atomic mass is 32.2. The minimum absolute atomic E-state index is 0.624. The van der Waals surface area contributed by atoms with Crippen LogP contribution in [0.15, 0.2) is 29.2 Å². The molecule has 1 aromatic carbocycles. The van der Waals surface area contributed by atoms with Gasteiger partial charge in [0.25, 0.3) is 0 Å². The van der Waals surface area contributed by atoms with Crippen LogP contribution in [-0.4, -0.2) is 8.76 Å². The maximum atomic E-state index is 10.8. The zero-order chi connectivity index (χ0) is 9.26. The topological polar surface area (TPSA) is 37.3 Å². The van der Waals surface area contributed by atoms with Gasteiger partial charge in [-0.15, -0.1) is 0 Å². The third-order valence-corrected chi connectivity index (χ3v) is 3.01. The Morgan fingerprint density at radius 1 is 1.23 bits per heavy atom. The molecule has 0 saturated heterocycles. The number of hydrogen-bond acceptors (Lipinski definition) is 1. The molecule has 0 heterocycles. The van der Waals surface area contributed by atoms with Gasteiger partial charge >= 0.3 is 0 Å². The molecule has 1 aliphatic carbocycles. The first-order valence-corrected chi connectivity index (χ1v) is 5.27. The predicted octanol–water partition coefficient (Wildman–Crippen LogP) is 2.20. The minimum Gasteiger partial charge on any atom is -0.302 e. The Bertz CT molecular complexity index is 382. The third-order valence-electron chi connectivity index (χ3n) is 2.24. The Hall–Kier alpha value is -0.930. The summed E-state index contributed by atoms with van der Waals surface area (Å²) in [6, 6.07) is 7.97. The lowest BCUT2D eigenvalue weighted by Gasteiger charge is -2.13. The van der Waals surface area contributed by atoms with Gasteiger partial charge in [-0.2, -0.15) is 0 Å². The van der Waals surface area contributed by atoms with Gasteiger partial charge in [-0.25, -0.2) is 4.21 Å². The van der Waals surface area contributed by atoms with E-state index in [1.807, 2.05) is 24.3 Å². The van der Waals surface area contributed by atoms with Crippen molar-refractivity contribution in [3.05, 3.63) is 40.3 Å². The van der Waals surface area contributed by atoms with Gasteiger partial charge in [0.1, 0.15) is 0 Å². The van der Waals surface area contributed by atoms with Crippen LogP contribution < -0.4 is 0 Å². The SMILES string of the molecule is O=S(O)C1=Cc2ccccc2CC1. The number of rotatable bonds is 1. The zero-order valence-electron chi connectivity index (χ0n) is 7.06. The van der Waals surface area contributed by atoms with Crippen molar-refractivity contribution >= 4 is 17.2 Å². The molecule has 0 aliphatic heterocycles. The summed E-state index contributed by atoms with van der Waals surface area (Å²) < 4.78 is 19.7. The number of fused-ring (bicyclic) bond motifs is 1. The average Bonchev–Trinajstić information content (AvgIpc) is 2.17. The monoisotopic (exact) mass is 194 g/mol. The van der Waals surface area contributed by atoms with Gasteiger partial charge < -0.3 is 4.55 Å². The van der Waals surface area contributed by atoms with Crippen molar-refractivity contribution in [2.24, 2.45) is 0 Å². The van der Waals surface area contributed by atoms with Crippen LogP contribution in [0.25, 0.3) is 6.08 Å². The zero-order valence-corrected chi connectivity index (χ0v) is 7.88. The van der Waals surface area contributed by atoms with E-state index < -0.39 is 11.1 Å². The number of allylic oxidation sites excluding steroid dienone is 1. The van der Waals surface area contributed by atoms with Crippen LogP contribution in [-0.2, 0) is 17.5 Å². The van der Waals surface area contributed by atoms with Crippen molar-refractivity contribution in [1.82, 2.24) is 0 Å². The normalized spacial score (nSPS) is 17.5. The molecule has 0 fully saturated rings. The standard InChI is InChI=1S/C10H10O2S/c11-13(12)10-6-5-8-3-1-2-4-9(8)7-10/h1-4,7H,5-6H2,(H,11,12). The van der Waals surface area contributed by atoms with E-state index in [4.69, 9.17) is 4.55 Å². The minimum atomic E-state index is -1.80. The molecule has 0 saturated carbocycles. The summed E-state index contributed by atoms with van der Waals surface area (Å²) in [5.74, 6) is 0. The molecule has 1 atom stereocenters. The fourth-order valence-corrected chi connectivity index (χ4v) is 2.05. The summed E-state index contributed by atoms with van der Waals surface area (Å²) >= 11 is -1.80. The van der Waals surface area contributed by atoms with Crippen LogP contribution in [0.3, 0.4) is 0 Å². The molecule has 1 N–H and O–H groups in total. The Balaban J connectivity index is 2.44. The van der Waals surface area contributed by atoms with E-state index in [9.17, 15) is 4.21 Å². The van der Waals surface area contributed by atoms with Crippen molar-refractivity contribution in [3.63, 3.8) is 0 Å². The lowest BCUT2D eigenvalue weighted by molar-refractivity contribution is 0.569. The van der Waals surface area contributed by atoms with E-state index in [2.05, 4.69) is 6.07 Å². The second kappa shape index (κ2) is 3.44. The van der Waals surface area contributed by atoms with Crippen molar-refractivity contribution in [1.29, 1.82) is 0 Å². The first kappa shape index (κ1) is 8.66. The van der Waals surface area contributed by atoms with Gasteiger partial charge in [-0.3, -0.25) is 0 Å². The average molecular weight is 194 g/mol. The first-order chi connectivity index (χ1) is 6.27. The molecule has 0 amide bonds. The Morgan fingerprint density at radius 3 is 2.77 bits per heavy atom. The maximum absolute atomic E-state index is 10.8. The van der Waals surface area contributed by atoms with Gasteiger partial charge in [0.2, 0.25) is 0 Å². The summed E-state index contributed by atoms with van der Waals surface area (Å²) in [4.78, 5) is 0.624. The molecule has 0 bridgehead atoms. The molecule has 1 aliphatic rings. The first-order valence-electron chi connectivity index (χ1n) is 4.17. The fourth-order valence-electron chi connectivity index (χ4n) is 1.54. The summed E-state index contributed by atoms with van der Waals surface area (Å²) in [6.07, 6.45) is 3.38. The quantitative estimate of drug-likeness (QED) is 0.696. The summed E-state index contributed by atoms with van der Waals surface area (Å²) in [5, 5.41) is 0. The highest BCUT2D eigenvalue weighted by Gasteiger charge is 2.12. The largest absolute Gasteiger partial charge is 0.302 e. The van der Waals surface area contributed by atoms with E-state index in [-0.39, 0.29) is 0 Å². The molecule has 13 heavy (non-hydrogen) atoms. The van der Waals surface area contributed by atoms with Gasteiger partial charge in [-0.1, -0.05) is 24.3 Å². The van der Waals surface area contributed by atoms with Crippen molar-refractivity contribution in [2.75, 3.05) is 0 Å². The van der Waals surface area contributed by atoms with E-state index in [0.717, 1.165) is 12.0 Å². The fraction of sp³-hybridized carbons (Fsp3) is 0.200. The lowest BCUT2D eigenvalue weighted by Crippen LogP contribution is -2.02. The molecular formula is C10H10O2S. The van der Waals surface area contributed by atoms with E-state index in [0.29, 0.717) is 11.3 Å². The molecule has 2 rings (SSSR count). The molecule has 1 aromatic rings. The molecule has 0 aromatic heterocycles. The summed E-state index contributed by atoms with van der Waals surface area (Å²) in [6.45, 7) is 0. The van der Waals surface area contributed by atoms with Crippen molar-refractivity contribution < 1.29 is 8.76 Å².